The van der Waals surface area contributed by atoms with Crippen LogP contribution in [-0.2, 0) is 4.79 Å². The van der Waals surface area contributed by atoms with E-state index in [2.05, 4.69) is 46.7 Å². The lowest BCUT2D eigenvalue weighted by Gasteiger charge is -2.41. The third kappa shape index (κ3) is 3.09. The number of aldehydes is 1. The van der Waals surface area contributed by atoms with Crippen LogP contribution in [0.2, 0.25) is 0 Å². The Morgan fingerprint density at radius 3 is 1.86 bits per heavy atom. The largest absolute Gasteiger partial charge is 0.304 e. The van der Waals surface area contributed by atoms with E-state index < -0.39 is 0 Å². The maximum atomic E-state index is 11.1. The molecule has 0 aliphatic heterocycles. The molecule has 0 bridgehead atoms. The Morgan fingerprint density at radius 2 is 1.64 bits per heavy atom. The number of carbonyl (C=O) groups is 1. The van der Waals surface area contributed by atoms with E-state index in [1.165, 1.54) is 0 Å². The Kier molecular flexibility index (Phi) is 4.79. The van der Waals surface area contributed by atoms with Gasteiger partial charge in [-0.3, -0.25) is 0 Å². The summed E-state index contributed by atoms with van der Waals surface area (Å²) >= 11 is 0. The van der Waals surface area contributed by atoms with E-state index in [0.717, 1.165) is 25.5 Å². The Balaban J connectivity index is 4.67. The van der Waals surface area contributed by atoms with Gasteiger partial charge in [-0.15, -0.1) is 0 Å². The average Bonchev–Trinajstić information content (AvgIpc) is 2.17. The summed E-state index contributed by atoms with van der Waals surface area (Å²) in [6.45, 7) is 8.54. The molecule has 0 fully saturated rings. The van der Waals surface area contributed by atoms with Crippen LogP contribution in [0.25, 0.3) is 0 Å². The number of hydrogen-bond acceptors (Lipinski definition) is 2. The second kappa shape index (κ2) is 4.92. The molecule has 0 radical (unpaired) electrons. The van der Waals surface area contributed by atoms with E-state index in [0.29, 0.717) is 0 Å². The second-order valence-electron chi connectivity index (χ2n) is 5.05. The number of rotatable bonds is 6. The van der Waals surface area contributed by atoms with Crippen molar-refractivity contribution in [1.29, 1.82) is 0 Å². The van der Waals surface area contributed by atoms with E-state index in [4.69, 9.17) is 0 Å². The molecule has 2 heteroatoms. The molecule has 0 aliphatic carbocycles. The third-order valence-corrected chi connectivity index (χ3v) is 3.72. The molecule has 14 heavy (non-hydrogen) atoms. The maximum Gasteiger partial charge on any atom is 0.125 e. The second-order valence-corrected chi connectivity index (χ2v) is 5.05. The molecular formula is C12H25NO. The van der Waals surface area contributed by atoms with Crippen molar-refractivity contribution in [2.24, 2.45) is 5.41 Å². The van der Waals surface area contributed by atoms with Crippen LogP contribution in [0.3, 0.4) is 0 Å². The van der Waals surface area contributed by atoms with Gasteiger partial charge in [0.1, 0.15) is 6.29 Å². The fraction of sp³-hybridized carbons (Fsp3) is 0.917. The van der Waals surface area contributed by atoms with Crippen LogP contribution in [0.5, 0.6) is 0 Å². The van der Waals surface area contributed by atoms with Crippen LogP contribution in [0.15, 0.2) is 0 Å². The summed E-state index contributed by atoms with van der Waals surface area (Å²) < 4.78 is 0. The number of carbonyl (C=O) groups excluding carboxylic acids is 1. The van der Waals surface area contributed by atoms with Crippen molar-refractivity contribution in [1.82, 2.24) is 4.90 Å². The van der Waals surface area contributed by atoms with Crippen molar-refractivity contribution in [2.75, 3.05) is 14.1 Å². The first-order valence-corrected chi connectivity index (χ1v) is 5.47. The van der Waals surface area contributed by atoms with Gasteiger partial charge in [0.05, 0.1) is 0 Å². The maximum absolute atomic E-state index is 11.1. The molecule has 0 aromatic heterocycles. The van der Waals surface area contributed by atoms with E-state index in [1.54, 1.807) is 0 Å². The lowest BCUT2D eigenvalue weighted by molar-refractivity contribution is -0.117. The normalized spacial score (nSPS) is 20.2. The molecule has 2 nitrogen and oxygen atoms in total. The van der Waals surface area contributed by atoms with Crippen molar-refractivity contribution in [2.45, 2.75) is 52.5 Å². The van der Waals surface area contributed by atoms with Gasteiger partial charge in [0, 0.05) is 11.0 Å². The zero-order chi connectivity index (χ0) is 11.4. The summed E-state index contributed by atoms with van der Waals surface area (Å²) in [6.07, 6.45) is 4.04. The summed E-state index contributed by atoms with van der Waals surface area (Å²) in [7, 11) is 4.18. The van der Waals surface area contributed by atoms with Crippen molar-refractivity contribution >= 4 is 6.29 Å². The quantitative estimate of drug-likeness (QED) is 0.613. The first-order valence-electron chi connectivity index (χ1n) is 5.47. The summed E-state index contributed by atoms with van der Waals surface area (Å²) in [6, 6.07) is 0. The van der Waals surface area contributed by atoms with Crippen LogP contribution < -0.4 is 0 Å². The highest BCUT2D eigenvalue weighted by molar-refractivity contribution is 5.58. The molecule has 0 aromatic rings. The zero-order valence-electron chi connectivity index (χ0n) is 10.6. The van der Waals surface area contributed by atoms with E-state index >= 15 is 0 Å². The summed E-state index contributed by atoms with van der Waals surface area (Å²) in [5, 5.41) is 0. The fourth-order valence-electron chi connectivity index (χ4n) is 1.72. The fourth-order valence-corrected chi connectivity index (χ4v) is 1.72. The molecular weight excluding hydrogens is 174 g/mol. The van der Waals surface area contributed by atoms with E-state index in [1.807, 2.05) is 0 Å². The van der Waals surface area contributed by atoms with Crippen molar-refractivity contribution in [3.05, 3.63) is 0 Å². The highest BCUT2D eigenvalue weighted by Gasteiger charge is 2.34. The monoisotopic (exact) mass is 199 g/mol. The summed E-state index contributed by atoms with van der Waals surface area (Å²) in [5.41, 5.74) is -0.0410. The molecule has 0 saturated heterocycles. The van der Waals surface area contributed by atoms with E-state index in [9.17, 15) is 4.79 Å². The predicted molar refractivity (Wildman–Crippen MR) is 61.5 cm³/mol. The molecule has 2 atom stereocenters. The predicted octanol–water partition coefficient (Wildman–Crippen LogP) is 2.72. The van der Waals surface area contributed by atoms with Gasteiger partial charge in [0.2, 0.25) is 0 Å². The van der Waals surface area contributed by atoms with Gasteiger partial charge in [-0.2, -0.15) is 0 Å². The van der Waals surface area contributed by atoms with Gasteiger partial charge >= 0.3 is 0 Å². The van der Waals surface area contributed by atoms with Gasteiger partial charge < -0.3 is 9.69 Å². The van der Waals surface area contributed by atoms with Crippen LogP contribution in [-0.4, -0.2) is 30.8 Å². The average molecular weight is 199 g/mol. The van der Waals surface area contributed by atoms with Gasteiger partial charge in [0.25, 0.3) is 0 Å². The minimum absolute atomic E-state index is 0.131. The lowest BCUT2D eigenvalue weighted by atomic mass is 9.75. The standard InChI is InChI=1S/C12H25NO/c1-7-11(3,10-14)9-12(4,8-2)13(5)6/h10H,7-9H2,1-6H3. The molecule has 0 rings (SSSR count). The molecule has 2 unspecified atom stereocenters. The smallest absolute Gasteiger partial charge is 0.125 e. The molecule has 0 heterocycles. The Bertz CT molecular complexity index is 191. The van der Waals surface area contributed by atoms with Crippen LogP contribution >= 0.6 is 0 Å². The third-order valence-electron chi connectivity index (χ3n) is 3.72. The highest BCUT2D eigenvalue weighted by atomic mass is 16.1. The Labute approximate surface area is 88.7 Å². The molecule has 0 N–H and O–H groups in total. The topological polar surface area (TPSA) is 20.3 Å². The lowest BCUT2D eigenvalue weighted by Crippen LogP contribution is -2.45. The highest BCUT2D eigenvalue weighted by Crippen LogP contribution is 2.34. The molecule has 0 spiro atoms. The molecule has 84 valence electrons. The van der Waals surface area contributed by atoms with Crippen molar-refractivity contribution < 1.29 is 4.79 Å². The first-order chi connectivity index (χ1) is 6.33. The number of hydrogen-bond donors (Lipinski definition) is 0. The van der Waals surface area contributed by atoms with Gasteiger partial charge in [-0.1, -0.05) is 20.8 Å². The Morgan fingerprint density at radius 1 is 1.14 bits per heavy atom. The van der Waals surface area contributed by atoms with Crippen molar-refractivity contribution in [3.63, 3.8) is 0 Å². The molecule has 0 saturated carbocycles. The minimum atomic E-state index is -0.172. The zero-order valence-corrected chi connectivity index (χ0v) is 10.6. The van der Waals surface area contributed by atoms with Gasteiger partial charge in [-0.25, -0.2) is 0 Å². The number of nitrogens with zero attached hydrogens (tertiary/aromatic N) is 1. The van der Waals surface area contributed by atoms with Crippen LogP contribution in [0.1, 0.15) is 47.0 Å². The van der Waals surface area contributed by atoms with E-state index in [-0.39, 0.29) is 11.0 Å². The summed E-state index contributed by atoms with van der Waals surface area (Å²) in [4.78, 5) is 13.3. The molecule has 0 aromatic carbocycles. The summed E-state index contributed by atoms with van der Waals surface area (Å²) in [5.74, 6) is 0. The van der Waals surface area contributed by atoms with Gasteiger partial charge in [-0.05, 0) is 40.3 Å². The Hall–Kier alpha value is -0.370. The minimum Gasteiger partial charge on any atom is -0.304 e. The van der Waals surface area contributed by atoms with Crippen LogP contribution in [0, 0.1) is 5.41 Å². The van der Waals surface area contributed by atoms with Crippen molar-refractivity contribution in [3.8, 4) is 0 Å². The SMILES string of the molecule is CCC(C)(C=O)CC(C)(CC)N(C)C. The van der Waals surface area contributed by atoms with Crippen LogP contribution in [0.4, 0.5) is 0 Å². The van der Waals surface area contributed by atoms with Gasteiger partial charge in [0.15, 0.2) is 0 Å². The first kappa shape index (κ1) is 13.6. The molecule has 0 aliphatic rings. The molecule has 0 amide bonds.